The Bertz CT molecular complexity index is 870. The monoisotopic (exact) mass is 360 g/mol. The van der Waals surface area contributed by atoms with Crippen LogP contribution in [0.5, 0.6) is 0 Å². The Kier molecular flexibility index (Phi) is 5.64. The number of fused-ring (bicyclic) bond motifs is 1. The van der Waals surface area contributed by atoms with Crippen molar-refractivity contribution in [3.8, 4) is 0 Å². The molecule has 140 valence electrons. The van der Waals surface area contributed by atoms with E-state index in [1.807, 2.05) is 12.3 Å². The van der Waals surface area contributed by atoms with Gasteiger partial charge in [0, 0.05) is 48.6 Å². The summed E-state index contributed by atoms with van der Waals surface area (Å²) >= 11 is 0. The molecule has 4 heteroatoms. The molecule has 0 unspecified atom stereocenters. The fourth-order valence-corrected chi connectivity index (χ4v) is 3.91. The highest BCUT2D eigenvalue weighted by Crippen LogP contribution is 2.26. The highest BCUT2D eigenvalue weighted by atomic mass is 15.1. The largest absolute Gasteiger partial charge is 0.382 e. The van der Waals surface area contributed by atoms with Crippen LogP contribution < -0.4 is 5.32 Å². The minimum Gasteiger partial charge on any atom is -0.382 e. The van der Waals surface area contributed by atoms with E-state index >= 15 is 0 Å². The van der Waals surface area contributed by atoms with Gasteiger partial charge in [-0.2, -0.15) is 0 Å². The summed E-state index contributed by atoms with van der Waals surface area (Å²) in [5.74, 6) is 0. The predicted octanol–water partition coefficient (Wildman–Crippen LogP) is 4.66. The van der Waals surface area contributed by atoms with Crippen molar-refractivity contribution in [1.82, 2.24) is 14.9 Å². The second kappa shape index (κ2) is 8.49. The summed E-state index contributed by atoms with van der Waals surface area (Å²) in [6.07, 6.45) is 6.35. The molecule has 1 aromatic carbocycles. The number of hydrogen-bond acceptors (Lipinski definition) is 4. The van der Waals surface area contributed by atoms with Gasteiger partial charge in [0.2, 0.25) is 0 Å². The molecule has 1 saturated heterocycles. The van der Waals surface area contributed by atoms with Crippen LogP contribution in [0.4, 0.5) is 5.69 Å². The van der Waals surface area contributed by atoms with Gasteiger partial charge in [-0.3, -0.25) is 14.9 Å². The van der Waals surface area contributed by atoms with Crippen LogP contribution in [0.25, 0.3) is 10.9 Å². The number of piperidine rings is 1. The van der Waals surface area contributed by atoms with Gasteiger partial charge in [0.15, 0.2) is 0 Å². The molecule has 0 aliphatic carbocycles. The fourth-order valence-electron chi connectivity index (χ4n) is 3.91. The molecule has 0 radical (unpaired) electrons. The number of rotatable bonds is 6. The zero-order valence-corrected chi connectivity index (χ0v) is 16.1. The van der Waals surface area contributed by atoms with Gasteiger partial charge < -0.3 is 5.32 Å². The van der Waals surface area contributed by atoms with E-state index in [-0.39, 0.29) is 0 Å². The van der Waals surface area contributed by atoms with Gasteiger partial charge in [-0.15, -0.1) is 0 Å². The van der Waals surface area contributed by atoms with Crippen LogP contribution in [0.15, 0.2) is 54.7 Å². The van der Waals surface area contributed by atoms with Crippen LogP contribution in [0.2, 0.25) is 0 Å². The Morgan fingerprint density at radius 3 is 2.63 bits per heavy atom. The Morgan fingerprint density at radius 2 is 1.85 bits per heavy atom. The molecule has 0 bridgehead atoms. The molecule has 27 heavy (non-hydrogen) atoms. The highest BCUT2D eigenvalue weighted by Gasteiger charge is 2.20. The van der Waals surface area contributed by atoms with Gasteiger partial charge in [-0.25, -0.2) is 0 Å². The molecule has 3 aromatic rings. The summed E-state index contributed by atoms with van der Waals surface area (Å²) in [6.45, 7) is 5.38. The molecule has 0 saturated carbocycles. The second-order valence-electron chi connectivity index (χ2n) is 7.44. The number of likely N-dealkylation sites (tertiary alicyclic amines) is 1. The zero-order valence-electron chi connectivity index (χ0n) is 16.1. The van der Waals surface area contributed by atoms with E-state index in [9.17, 15) is 0 Å². The molecule has 4 rings (SSSR count). The predicted molar refractivity (Wildman–Crippen MR) is 112 cm³/mol. The number of anilines is 1. The normalized spacial score (nSPS) is 15.9. The average molecular weight is 361 g/mol. The summed E-state index contributed by atoms with van der Waals surface area (Å²) < 4.78 is 0. The molecular formula is C23H28N4. The first kappa shape index (κ1) is 17.9. The van der Waals surface area contributed by atoms with Crippen LogP contribution in [0.3, 0.4) is 0 Å². The van der Waals surface area contributed by atoms with Gasteiger partial charge in [-0.1, -0.05) is 37.6 Å². The first-order valence-electron chi connectivity index (χ1n) is 10.1. The summed E-state index contributed by atoms with van der Waals surface area (Å²) in [7, 11) is 0. The van der Waals surface area contributed by atoms with E-state index in [1.54, 1.807) is 0 Å². The van der Waals surface area contributed by atoms with Crippen LogP contribution in [0, 0.1) is 0 Å². The number of nitrogens with one attached hydrogen (secondary N) is 1. The highest BCUT2D eigenvalue weighted by molar-refractivity contribution is 5.91. The third-order valence-corrected chi connectivity index (χ3v) is 5.33. The lowest BCUT2D eigenvalue weighted by Crippen LogP contribution is -2.38. The SMILES string of the molecule is CCCc1cc(NC2CCN(Cc3ccccn3)CC2)c2ccccc2n1. The molecule has 0 atom stereocenters. The van der Waals surface area contributed by atoms with E-state index in [4.69, 9.17) is 4.98 Å². The lowest BCUT2D eigenvalue weighted by Gasteiger charge is -2.33. The van der Waals surface area contributed by atoms with Crippen LogP contribution in [-0.4, -0.2) is 34.0 Å². The molecular weight excluding hydrogens is 332 g/mol. The van der Waals surface area contributed by atoms with Gasteiger partial charge in [0.05, 0.1) is 11.2 Å². The van der Waals surface area contributed by atoms with E-state index in [0.717, 1.165) is 56.5 Å². The van der Waals surface area contributed by atoms with Crippen molar-refractivity contribution in [1.29, 1.82) is 0 Å². The number of nitrogens with zero attached hydrogens (tertiary/aromatic N) is 3. The third-order valence-electron chi connectivity index (χ3n) is 5.33. The molecule has 3 heterocycles. The van der Waals surface area contributed by atoms with Crippen LogP contribution in [-0.2, 0) is 13.0 Å². The van der Waals surface area contributed by atoms with Crippen molar-refractivity contribution in [3.63, 3.8) is 0 Å². The fraction of sp³-hybridized carbons (Fsp3) is 0.391. The molecule has 1 fully saturated rings. The first-order chi connectivity index (χ1) is 13.3. The van der Waals surface area contributed by atoms with Crippen LogP contribution >= 0.6 is 0 Å². The van der Waals surface area contributed by atoms with Crippen molar-refractivity contribution < 1.29 is 0 Å². The van der Waals surface area contributed by atoms with Crippen LogP contribution in [0.1, 0.15) is 37.6 Å². The summed E-state index contributed by atoms with van der Waals surface area (Å²) in [5.41, 5.74) is 4.69. The number of hydrogen-bond donors (Lipinski definition) is 1. The number of aryl methyl sites for hydroxylation is 1. The summed E-state index contributed by atoms with van der Waals surface area (Å²) in [5, 5.41) is 5.05. The van der Waals surface area contributed by atoms with Gasteiger partial charge in [0.1, 0.15) is 0 Å². The Morgan fingerprint density at radius 1 is 1.04 bits per heavy atom. The molecule has 2 aromatic heterocycles. The molecule has 4 nitrogen and oxygen atoms in total. The number of para-hydroxylation sites is 1. The van der Waals surface area contributed by atoms with Crippen molar-refractivity contribution >= 4 is 16.6 Å². The first-order valence-corrected chi connectivity index (χ1v) is 10.1. The Hall–Kier alpha value is -2.46. The minimum absolute atomic E-state index is 0.519. The molecule has 1 aliphatic heterocycles. The standard InChI is InChI=1S/C23H28N4/c1-2-7-19-16-23(21-9-3-4-10-22(21)26-19)25-18-11-14-27(15-12-18)17-20-8-5-6-13-24-20/h3-6,8-10,13,16,18H,2,7,11-12,14-15,17H2,1H3,(H,25,26). The van der Waals surface area contributed by atoms with Gasteiger partial charge in [-0.05, 0) is 43.5 Å². The maximum absolute atomic E-state index is 4.82. The minimum atomic E-state index is 0.519. The molecule has 0 spiro atoms. The third kappa shape index (κ3) is 4.45. The summed E-state index contributed by atoms with van der Waals surface area (Å²) in [4.78, 5) is 11.8. The van der Waals surface area contributed by atoms with E-state index in [2.05, 4.69) is 64.6 Å². The van der Waals surface area contributed by atoms with Crippen molar-refractivity contribution in [3.05, 3.63) is 66.1 Å². The van der Waals surface area contributed by atoms with Crippen molar-refractivity contribution in [2.24, 2.45) is 0 Å². The van der Waals surface area contributed by atoms with Crippen molar-refractivity contribution in [2.45, 2.75) is 45.2 Å². The topological polar surface area (TPSA) is 41.0 Å². The quantitative estimate of drug-likeness (QED) is 0.694. The smallest absolute Gasteiger partial charge is 0.0726 e. The van der Waals surface area contributed by atoms with Gasteiger partial charge >= 0.3 is 0 Å². The van der Waals surface area contributed by atoms with Gasteiger partial charge in [0.25, 0.3) is 0 Å². The molecule has 1 aliphatic rings. The molecule has 1 N–H and O–H groups in total. The maximum atomic E-state index is 4.82. The zero-order chi connectivity index (χ0) is 18.5. The van der Waals surface area contributed by atoms with E-state index < -0.39 is 0 Å². The number of pyridine rings is 2. The van der Waals surface area contributed by atoms with E-state index in [0.29, 0.717) is 6.04 Å². The maximum Gasteiger partial charge on any atom is 0.0726 e. The average Bonchev–Trinajstić information content (AvgIpc) is 2.71. The number of benzene rings is 1. The Labute approximate surface area is 161 Å². The van der Waals surface area contributed by atoms with Crippen molar-refractivity contribution in [2.75, 3.05) is 18.4 Å². The lowest BCUT2D eigenvalue weighted by atomic mass is 10.0. The second-order valence-corrected chi connectivity index (χ2v) is 7.44. The molecule has 0 amide bonds. The Balaban J connectivity index is 1.43. The number of aromatic nitrogens is 2. The van der Waals surface area contributed by atoms with E-state index in [1.165, 1.54) is 16.8 Å². The lowest BCUT2D eigenvalue weighted by molar-refractivity contribution is 0.209. The summed E-state index contributed by atoms with van der Waals surface area (Å²) in [6, 6.07) is 17.4.